The van der Waals surface area contributed by atoms with Gasteiger partial charge in [-0.1, -0.05) is 0 Å². The van der Waals surface area contributed by atoms with E-state index in [0.717, 1.165) is 18.6 Å². The topological polar surface area (TPSA) is 99.3 Å². The predicted molar refractivity (Wildman–Crippen MR) is 80.0 cm³/mol. The molecule has 8 heteroatoms. The number of aromatic amines is 1. The van der Waals surface area contributed by atoms with Gasteiger partial charge in [-0.15, -0.1) is 0 Å². The molecule has 20 heavy (non-hydrogen) atoms. The lowest BCUT2D eigenvalue weighted by Gasteiger charge is -2.07. The van der Waals surface area contributed by atoms with Crippen molar-refractivity contribution < 1.29 is 18.3 Å². The molecule has 114 valence electrons. The highest BCUT2D eigenvalue weighted by molar-refractivity contribution is 7.98. The molecule has 6 nitrogen and oxygen atoms in total. The van der Waals surface area contributed by atoms with Crippen LogP contribution in [0.25, 0.3) is 0 Å². The van der Waals surface area contributed by atoms with Gasteiger partial charge in [0.1, 0.15) is 10.6 Å². The van der Waals surface area contributed by atoms with Crippen LogP contribution >= 0.6 is 11.8 Å². The Balaban J connectivity index is 2.85. The molecule has 0 aliphatic rings. The van der Waals surface area contributed by atoms with E-state index in [-0.39, 0.29) is 16.2 Å². The van der Waals surface area contributed by atoms with Gasteiger partial charge in [0.15, 0.2) is 0 Å². The molecule has 0 unspecified atom stereocenters. The van der Waals surface area contributed by atoms with Crippen molar-refractivity contribution in [2.24, 2.45) is 0 Å². The van der Waals surface area contributed by atoms with Crippen LogP contribution in [0.5, 0.6) is 0 Å². The summed E-state index contributed by atoms with van der Waals surface area (Å²) in [6.07, 6.45) is 3.70. The van der Waals surface area contributed by atoms with Gasteiger partial charge >= 0.3 is 5.97 Å². The number of carboxylic acid groups (broad SMARTS) is 1. The second kappa shape index (κ2) is 7.14. The highest BCUT2D eigenvalue weighted by Gasteiger charge is 2.25. The van der Waals surface area contributed by atoms with Crippen LogP contribution in [0.15, 0.2) is 4.90 Å². The van der Waals surface area contributed by atoms with E-state index in [2.05, 4.69) is 9.71 Å². The summed E-state index contributed by atoms with van der Waals surface area (Å²) < 4.78 is 26.9. The van der Waals surface area contributed by atoms with Gasteiger partial charge in [0, 0.05) is 17.8 Å². The number of aromatic carboxylic acids is 1. The van der Waals surface area contributed by atoms with Crippen molar-refractivity contribution >= 4 is 27.8 Å². The summed E-state index contributed by atoms with van der Waals surface area (Å²) in [4.78, 5) is 13.6. The van der Waals surface area contributed by atoms with Crippen LogP contribution in [0, 0.1) is 13.8 Å². The molecule has 1 aromatic rings. The van der Waals surface area contributed by atoms with Crippen LogP contribution in [0.3, 0.4) is 0 Å². The molecule has 0 aliphatic carbocycles. The zero-order chi connectivity index (χ0) is 15.3. The molecule has 1 aromatic heterocycles. The smallest absolute Gasteiger partial charge is 0.352 e. The van der Waals surface area contributed by atoms with Crippen LogP contribution in [0.4, 0.5) is 0 Å². The van der Waals surface area contributed by atoms with Gasteiger partial charge in [0.25, 0.3) is 0 Å². The summed E-state index contributed by atoms with van der Waals surface area (Å²) in [5.74, 6) is -0.167. The maximum absolute atomic E-state index is 12.2. The third-order valence-corrected chi connectivity index (χ3v) is 5.35. The lowest BCUT2D eigenvalue weighted by molar-refractivity contribution is 0.0690. The zero-order valence-corrected chi connectivity index (χ0v) is 13.4. The molecule has 0 saturated carbocycles. The van der Waals surface area contributed by atoms with Gasteiger partial charge in [0.2, 0.25) is 10.0 Å². The Morgan fingerprint density at radius 2 is 2.00 bits per heavy atom. The number of thioether (sulfide) groups is 1. The first-order valence-corrected chi connectivity index (χ1v) is 9.10. The molecule has 0 aromatic carbocycles. The Bertz CT molecular complexity index is 579. The average Bonchev–Trinajstić information content (AvgIpc) is 2.65. The van der Waals surface area contributed by atoms with Crippen molar-refractivity contribution in [3.8, 4) is 0 Å². The molecule has 0 amide bonds. The number of hydrogen-bond acceptors (Lipinski definition) is 4. The zero-order valence-electron chi connectivity index (χ0n) is 11.8. The summed E-state index contributed by atoms with van der Waals surface area (Å²) >= 11 is 1.72. The van der Waals surface area contributed by atoms with Crippen LogP contribution in [-0.2, 0) is 10.0 Å². The predicted octanol–water partition coefficient (Wildman–Crippen LogP) is 1.75. The van der Waals surface area contributed by atoms with E-state index in [1.54, 1.807) is 18.7 Å². The van der Waals surface area contributed by atoms with E-state index in [4.69, 9.17) is 5.11 Å². The number of sulfonamides is 1. The molecule has 3 N–H and O–H groups in total. The Morgan fingerprint density at radius 1 is 1.35 bits per heavy atom. The van der Waals surface area contributed by atoms with Crippen molar-refractivity contribution in [3.05, 3.63) is 17.0 Å². The number of aromatic nitrogens is 1. The van der Waals surface area contributed by atoms with Gasteiger partial charge < -0.3 is 10.1 Å². The Morgan fingerprint density at radius 3 is 2.50 bits per heavy atom. The number of carbonyl (C=O) groups is 1. The normalized spacial score (nSPS) is 11.8. The standard InChI is InChI=1S/C12H20N2O4S2/c1-8-10(12(15)16)14-9(2)11(8)20(17,18)13-6-4-5-7-19-3/h13-14H,4-7H2,1-3H3,(H,15,16). The average molecular weight is 320 g/mol. The number of rotatable bonds is 8. The number of H-pyrrole nitrogens is 1. The van der Waals surface area contributed by atoms with Gasteiger partial charge in [-0.05, 0) is 38.7 Å². The van der Waals surface area contributed by atoms with E-state index >= 15 is 0 Å². The largest absolute Gasteiger partial charge is 0.477 e. The van der Waals surface area contributed by atoms with Gasteiger partial charge in [-0.25, -0.2) is 17.9 Å². The highest BCUT2D eigenvalue weighted by Crippen LogP contribution is 2.22. The Labute approximate surface area is 123 Å². The SMILES string of the molecule is CSCCCCNS(=O)(=O)c1c(C)[nH]c(C(=O)O)c1C. The van der Waals surface area contributed by atoms with Crippen molar-refractivity contribution in [2.45, 2.75) is 31.6 Å². The number of nitrogens with one attached hydrogen (secondary N) is 2. The van der Waals surface area contributed by atoms with Crippen LogP contribution in [0.1, 0.15) is 34.6 Å². The summed E-state index contributed by atoms with van der Waals surface area (Å²) in [7, 11) is -3.67. The van der Waals surface area contributed by atoms with Crippen LogP contribution < -0.4 is 4.72 Å². The van der Waals surface area contributed by atoms with Gasteiger partial charge in [0.05, 0.1) is 0 Å². The molecular weight excluding hydrogens is 300 g/mol. The first-order chi connectivity index (χ1) is 9.31. The molecule has 0 fully saturated rings. The van der Waals surface area contributed by atoms with E-state index in [1.807, 2.05) is 6.26 Å². The highest BCUT2D eigenvalue weighted by atomic mass is 32.2. The number of hydrogen-bond donors (Lipinski definition) is 3. The molecule has 0 aliphatic heterocycles. The number of aryl methyl sites for hydroxylation is 1. The van der Waals surface area contributed by atoms with Crippen molar-refractivity contribution in [1.82, 2.24) is 9.71 Å². The third kappa shape index (κ3) is 4.00. The third-order valence-electron chi connectivity index (χ3n) is 2.92. The van der Waals surface area contributed by atoms with Gasteiger partial charge in [-0.2, -0.15) is 11.8 Å². The Kier molecular flexibility index (Phi) is 6.09. The maximum atomic E-state index is 12.2. The lowest BCUT2D eigenvalue weighted by Crippen LogP contribution is -2.25. The van der Waals surface area contributed by atoms with E-state index in [0.29, 0.717) is 12.2 Å². The summed E-state index contributed by atoms with van der Waals surface area (Å²) in [5, 5.41) is 8.99. The second-order valence-electron chi connectivity index (χ2n) is 4.48. The minimum Gasteiger partial charge on any atom is -0.477 e. The quantitative estimate of drug-likeness (QED) is 0.634. The first kappa shape index (κ1) is 17.1. The Hall–Kier alpha value is -0.990. The first-order valence-electron chi connectivity index (χ1n) is 6.22. The molecular formula is C12H20N2O4S2. The minimum atomic E-state index is -3.67. The number of carboxylic acids is 1. The second-order valence-corrected chi connectivity index (χ2v) is 7.17. The summed E-state index contributed by atoms with van der Waals surface area (Å²) in [6, 6.07) is 0. The molecule has 0 spiro atoms. The maximum Gasteiger partial charge on any atom is 0.352 e. The monoisotopic (exact) mass is 320 g/mol. The van der Waals surface area contributed by atoms with Gasteiger partial charge in [-0.3, -0.25) is 0 Å². The van der Waals surface area contributed by atoms with Crippen LogP contribution in [-0.4, -0.2) is 43.0 Å². The van der Waals surface area contributed by atoms with E-state index in [9.17, 15) is 13.2 Å². The van der Waals surface area contributed by atoms with Crippen LogP contribution in [0.2, 0.25) is 0 Å². The summed E-state index contributed by atoms with van der Waals surface area (Å²) in [6.45, 7) is 3.41. The van der Waals surface area contributed by atoms with E-state index < -0.39 is 16.0 Å². The summed E-state index contributed by atoms with van der Waals surface area (Å²) in [5.41, 5.74) is 0.508. The fourth-order valence-electron chi connectivity index (χ4n) is 2.00. The molecule has 0 atom stereocenters. The molecule has 0 radical (unpaired) electrons. The molecule has 0 saturated heterocycles. The minimum absolute atomic E-state index is 0.0415. The van der Waals surface area contributed by atoms with Crippen molar-refractivity contribution in [3.63, 3.8) is 0 Å². The molecule has 1 rings (SSSR count). The fourth-order valence-corrected chi connectivity index (χ4v) is 4.01. The fraction of sp³-hybridized carbons (Fsp3) is 0.583. The molecule has 1 heterocycles. The lowest BCUT2D eigenvalue weighted by atomic mass is 10.2. The molecule has 0 bridgehead atoms. The number of unbranched alkanes of at least 4 members (excludes halogenated alkanes) is 1. The van der Waals surface area contributed by atoms with E-state index in [1.165, 1.54) is 6.92 Å². The van der Waals surface area contributed by atoms with Crippen molar-refractivity contribution in [2.75, 3.05) is 18.6 Å². The van der Waals surface area contributed by atoms with Crippen molar-refractivity contribution in [1.29, 1.82) is 0 Å².